The molecule has 3 aromatic rings. The quantitative estimate of drug-likeness (QED) is 0.303. The Morgan fingerprint density at radius 2 is 1.88 bits per heavy atom. The number of nitriles is 1. The van der Waals surface area contributed by atoms with E-state index in [1.54, 1.807) is 18.4 Å². The fourth-order valence-corrected chi connectivity index (χ4v) is 3.41. The van der Waals surface area contributed by atoms with Gasteiger partial charge in [0.2, 0.25) is 0 Å². The number of para-hydroxylation sites is 1. The number of nitrogens with zero attached hydrogens (tertiary/aromatic N) is 3. The third-order valence-electron chi connectivity index (χ3n) is 5.12. The van der Waals surface area contributed by atoms with Gasteiger partial charge >= 0.3 is 11.7 Å². The lowest BCUT2D eigenvalue weighted by Gasteiger charge is -2.13. The summed E-state index contributed by atoms with van der Waals surface area (Å²) in [5.74, 6) is -1.28. The first-order valence-electron chi connectivity index (χ1n) is 10.3. The summed E-state index contributed by atoms with van der Waals surface area (Å²) < 4.78 is 12.0. The Labute approximate surface area is 195 Å². The van der Waals surface area contributed by atoms with Gasteiger partial charge in [-0.1, -0.05) is 18.2 Å². The number of nitro groups is 1. The Bertz CT molecular complexity index is 1290. The molecule has 0 aliphatic carbocycles. The zero-order valence-electron chi connectivity index (χ0n) is 18.8. The topological polar surface area (TPSA) is 136 Å². The molecule has 0 spiro atoms. The van der Waals surface area contributed by atoms with Crippen LogP contribution in [0.2, 0.25) is 0 Å². The minimum absolute atomic E-state index is 0.0261. The van der Waals surface area contributed by atoms with Crippen LogP contribution in [0.25, 0.3) is 5.69 Å². The van der Waals surface area contributed by atoms with Crippen molar-refractivity contribution in [3.8, 4) is 17.5 Å². The predicted octanol–water partition coefficient (Wildman–Crippen LogP) is 4.07. The lowest BCUT2D eigenvalue weighted by Crippen LogP contribution is -2.23. The Hall–Kier alpha value is -4.65. The number of esters is 1. The minimum Gasteiger partial charge on any atom is -0.487 e. The van der Waals surface area contributed by atoms with Crippen molar-refractivity contribution in [3.05, 3.63) is 81.0 Å². The maximum Gasteiger partial charge on any atom is 0.338 e. The normalized spacial score (nSPS) is 10.3. The standard InChI is InChI=1S/C24H22N4O6/c1-4-33-21-11-10-17(12-20(21)28(31)32)24(30)34-14-22(29)26-23-19(13-25)15(2)16(3)27(23)18-8-6-5-7-9-18/h5-12H,4,14H2,1-3H3,(H,26,29). The fourth-order valence-electron chi connectivity index (χ4n) is 3.41. The van der Waals surface area contributed by atoms with Gasteiger partial charge in [0.15, 0.2) is 12.4 Å². The molecule has 174 valence electrons. The number of aromatic nitrogens is 1. The van der Waals surface area contributed by atoms with E-state index in [2.05, 4.69) is 11.4 Å². The highest BCUT2D eigenvalue weighted by atomic mass is 16.6. The third-order valence-corrected chi connectivity index (χ3v) is 5.12. The molecule has 10 nitrogen and oxygen atoms in total. The van der Waals surface area contributed by atoms with E-state index >= 15 is 0 Å². The predicted molar refractivity (Wildman–Crippen MR) is 123 cm³/mol. The summed E-state index contributed by atoms with van der Waals surface area (Å²) in [6, 6.07) is 14.9. The molecule has 0 unspecified atom stereocenters. The summed E-state index contributed by atoms with van der Waals surface area (Å²) in [7, 11) is 0. The summed E-state index contributed by atoms with van der Waals surface area (Å²) in [5.41, 5.74) is 2.05. The number of anilines is 1. The lowest BCUT2D eigenvalue weighted by atomic mass is 10.2. The van der Waals surface area contributed by atoms with Crippen LogP contribution in [0, 0.1) is 35.3 Å². The SMILES string of the molecule is CCOc1ccc(C(=O)OCC(=O)Nc2c(C#N)c(C)c(C)n2-c2ccccc2)cc1[N+](=O)[O-]. The molecule has 0 aliphatic rings. The van der Waals surface area contributed by atoms with Gasteiger partial charge in [-0.05, 0) is 50.6 Å². The molecule has 10 heteroatoms. The van der Waals surface area contributed by atoms with Crippen molar-refractivity contribution in [1.29, 1.82) is 5.26 Å². The second-order valence-corrected chi connectivity index (χ2v) is 7.21. The first-order valence-corrected chi connectivity index (χ1v) is 10.3. The summed E-state index contributed by atoms with van der Waals surface area (Å²) in [4.78, 5) is 35.6. The Balaban J connectivity index is 1.78. The number of carbonyl (C=O) groups is 2. The van der Waals surface area contributed by atoms with Crippen molar-refractivity contribution >= 4 is 23.4 Å². The molecular weight excluding hydrogens is 440 g/mol. The number of hydrogen-bond donors (Lipinski definition) is 1. The van der Waals surface area contributed by atoms with E-state index in [1.165, 1.54) is 12.1 Å². The molecule has 34 heavy (non-hydrogen) atoms. The molecule has 1 aromatic heterocycles. The van der Waals surface area contributed by atoms with Gasteiger partial charge in [0.25, 0.3) is 5.91 Å². The minimum atomic E-state index is -0.910. The Morgan fingerprint density at radius 3 is 2.50 bits per heavy atom. The molecule has 1 N–H and O–H groups in total. The van der Waals surface area contributed by atoms with Crippen LogP contribution in [-0.2, 0) is 9.53 Å². The van der Waals surface area contributed by atoms with E-state index in [4.69, 9.17) is 9.47 Å². The zero-order valence-corrected chi connectivity index (χ0v) is 18.8. The van der Waals surface area contributed by atoms with Crippen LogP contribution in [0.3, 0.4) is 0 Å². The Morgan fingerprint density at radius 1 is 1.18 bits per heavy atom. The van der Waals surface area contributed by atoms with Gasteiger partial charge in [-0.3, -0.25) is 19.5 Å². The van der Waals surface area contributed by atoms with Crippen LogP contribution in [0.5, 0.6) is 5.75 Å². The highest BCUT2D eigenvalue weighted by Crippen LogP contribution is 2.30. The summed E-state index contributed by atoms with van der Waals surface area (Å²) in [6.45, 7) is 4.86. The number of nitro benzene ring substituents is 1. The van der Waals surface area contributed by atoms with Crippen molar-refractivity contribution in [2.24, 2.45) is 0 Å². The average Bonchev–Trinajstić information content (AvgIpc) is 3.06. The van der Waals surface area contributed by atoms with Crippen LogP contribution in [0.1, 0.15) is 34.1 Å². The van der Waals surface area contributed by atoms with Gasteiger partial charge in [0, 0.05) is 17.4 Å². The second-order valence-electron chi connectivity index (χ2n) is 7.21. The van der Waals surface area contributed by atoms with Gasteiger partial charge < -0.3 is 14.8 Å². The molecule has 0 bridgehead atoms. The van der Waals surface area contributed by atoms with E-state index in [-0.39, 0.29) is 29.4 Å². The molecule has 0 radical (unpaired) electrons. The van der Waals surface area contributed by atoms with E-state index in [1.807, 2.05) is 37.3 Å². The number of rotatable bonds is 8. The van der Waals surface area contributed by atoms with E-state index < -0.39 is 23.4 Å². The second kappa shape index (κ2) is 10.3. The van der Waals surface area contributed by atoms with Gasteiger partial charge in [0.05, 0.1) is 22.7 Å². The van der Waals surface area contributed by atoms with E-state index in [0.29, 0.717) is 11.1 Å². The van der Waals surface area contributed by atoms with Crippen molar-refractivity contribution in [2.45, 2.75) is 20.8 Å². The number of benzene rings is 2. The van der Waals surface area contributed by atoms with E-state index in [0.717, 1.165) is 17.4 Å². The van der Waals surface area contributed by atoms with Crippen molar-refractivity contribution in [3.63, 3.8) is 0 Å². The van der Waals surface area contributed by atoms with E-state index in [9.17, 15) is 25.0 Å². The monoisotopic (exact) mass is 462 g/mol. The van der Waals surface area contributed by atoms with Gasteiger partial charge in [-0.15, -0.1) is 0 Å². The maximum atomic E-state index is 12.6. The molecule has 0 aliphatic heterocycles. The number of hydrogen-bond acceptors (Lipinski definition) is 7. The molecular formula is C24H22N4O6. The van der Waals surface area contributed by atoms with Crippen LogP contribution in [0.4, 0.5) is 11.5 Å². The first kappa shape index (κ1) is 24.0. The van der Waals surface area contributed by atoms with Crippen molar-refractivity contribution in [2.75, 3.05) is 18.5 Å². The summed E-state index contributed by atoms with van der Waals surface area (Å²) in [6.07, 6.45) is 0. The Kier molecular flexibility index (Phi) is 7.28. The molecule has 0 saturated carbocycles. The molecule has 1 amide bonds. The highest BCUT2D eigenvalue weighted by Gasteiger charge is 2.23. The van der Waals surface area contributed by atoms with Crippen molar-refractivity contribution in [1.82, 2.24) is 4.57 Å². The van der Waals surface area contributed by atoms with Crippen LogP contribution < -0.4 is 10.1 Å². The smallest absolute Gasteiger partial charge is 0.338 e. The lowest BCUT2D eigenvalue weighted by molar-refractivity contribution is -0.385. The maximum absolute atomic E-state index is 12.6. The fraction of sp³-hybridized carbons (Fsp3) is 0.208. The largest absolute Gasteiger partial charge is 0.487 e. The number of amides is 1. The van der Waals surface area contributed by atoms with Gasteiger partial charge in [-0.25, -0.2) is 4.79 Å². The molecule has 3 rings (SSSR count). The number of nitrogens with one attached hydrogen (secondary N) is 1. The van der Waals surface area contributed by atoms with Crippen molar-refractivity contribution < 1.29 is 24.0 Å². The van der Waals surface area contributed by atoms with Gasteiger partial charge in [0.1, 0.15) is 11.9 Å². The molecule has 0 fully saturated rings. The molecule has 0 atom stereocenters. The summed E-state index contributed by atoms with van der Waals surface area (Å²) in [5, 5.41) is 23.5. The molecule has 2 aromatic carbocycles. The first-order chi connectivity index (χ1) is 16.3. The highest BCUT2D eigenvalue weighted by molar-refractivity contribution is 5.96. The molecule has 0 saturated heterocycles. The third kappa shape index (κ3) is 4.88. The average molecular weight is 462 g/mol. The zero-order chi connectivity index (χ0) is 24.8. The summed E-state index contributed by atoms with van der Waals surface area (Å²) >= 11 is 0. The number of carbonyl (C=O) groups excluding carboxylic acids is 2. The van der Waals surface area contributed by atoms with Crippen LogP contribution in [-0.4, -0.2) is 34.6 Å². The van der Waals surface area contributed by atoms with Gasteiger partial charge in [-0.2, -0.15) is 5.26 Å². The number of ether oxygens (including phenoxy) is 2. The van der Waals surface area contributed by atoms with Crippen LogP contribution >= 0.6 is 0 Å². The molecule has 1 heterocycles. The van der Waals surface area contributed by atoms with Crippen LogP contribution in [0.15, 0.2) is 48.5 Å².